The van der Waals surface area contributed by atoms with Gasteiger partial charge in [0.15, 0.2) is 0 Å². The average molecular weight is 216 g/mol. The molecule has 0 saturated heterocycles. The number of anilines is 2. The third kappa shape index (κ3) is 2.60. The van der Waals surface area contributed by atoms with Gasteiger partial charge in [-0.3, -0.25) is 9.89 Å². The Balaban J connectivity index is 1.95. The van der Waals surface area contributed by atoms with Crippen molar-refractivity contribution in [2.75, 3.05) is 11.1 Å². The molecule has 1 heterocycles. The zero-order valence-electron chi connectivity index (χ0n) is 8.60. The molecule has 4 N–H and O–H groups in total. The molecule has 5 heteroatoms. The highest BCUT2D eigenvalue weighted by atomic mass is 16.1. The Kier molecular flexibility index (Phi) is 2.86. The number of aromatic amines is 1. The number of benzene rings is 1. The van der Waals surface area contributed by atoms with Gasteiger partial charge >= 0.3 is 0 Å². The summed E-state index contributed by atoms with van der Waals surface area (Å²) < 4.78 is 0. The third-order valence-corrected chi connectivity index (χ3v) is 2.13. The van der Waals surface area contributed by atoms with Crippen molar-refractivity contribution in [2.24, 2.45) is 0 Å². The Morgan fingerprint density at radius 3 is 2.75 bits per heavy atom. The van der Waals surface area contributed by atoms with Gasteiger partial charge < -0.3 is 11.1 Å². The summed E-state index contributed by atoms with van der Waals surface area (Å²) in [5, 5.41) is 9.08. The standard InChI is InChI=1S/C11H12N4O/c12-9-3-1-8(2-4-9)5-11(16)15-10-6-13-14-7-10/h1-4,6-7H,5,12H2,(H,13,14)(H,15,16). The van der Waals surface area contributed by atoms with Gasteiger partial charge in [-0.25, -0.2) is 0 Å². The predicted octanol–water partition coefficient (Wildman–Crippen LogP) is 1.17. The van der Waals surface area contributed by atoms with E-state index in [1.807, 2.05) is 12.1 Å². The molecule has 0 aliphatic rings. The summed E-state index contributed by atoms with van der Waals surface area (Å²) in [5.74, 6) is -0.0776. The molecule has 2 rings (SSSR count). The molecule has 82 valence electrons. The second kappa shape index (κ2) is 4.48. The second-order valence-corrected chi connectivity index (χ2v) is 3.45. The van der Waals surface area contributed by atoms with Crippen LogP contribution in [0.1, 0.15) is 5.56 Å². The number of carbonyl (C=O) groups is 1. The summed E-state index contributed by atoms with van der Waals surface area (Å²) >= 11 is 0. The minimum Gasteiger partial charge on any atom is -0.399 e. The number of nitrogens with one attached hydrogen (secondary N) is 2. The summed E-state index contributed by atoms with van der Waals surface area (Å²) in [7, 11) is 0. The monoisotopic (exact) mass is 216 g/mol. The first kappa shape index (κ1) is 10.2. The van der Waals surface area contributed by atoms with Gasteiger partial charge in [0.25, 0.3) is 0 Å². The number of aromatic nitrogens is 2. The molecule has 0 aliphatic carbocycles. The smallest absolute Gasteiger partial charge is 0.228 e. The van der Waals surface area contributed by atoms with Crippen molar-refractivity contribution in [3.8, 4) is 0 Å². The number of nitrogens with zero attached hydrogens (tertiary/aromatic N) is 1. The number of nitrogens with two attached hydrogens (primary N) is 1. The number of H-pyrrole nitrogens is 1. The predicted molar refractivity (Wildman–Crippen MR) is 61.8 cm³/mol. The number of nitrogen functional groups attached to an aromatic ring is 1. The average Bonchev–Trinajstić information content (AvgIpc) is 2.74. The van der Waals surface area contributed by atoms with Crippen LogP contribution in [0.15, 0.2) is 36.7 Å². The number of hydrogen-bond acceptors (Lipinski definition) is 3. The first-order chi connectivity index (χ1) is 7.74. The summed E-state index contributed by atoms with van der Waals surface area (Å²) in [5.41, 5.74) is 7.84. The van der Waals surface area contributed by atoms with Crippen molar-refractivity contribution in [1.29, 1.82) is 0 Å². The fourth-order valence-electron chi connectivity index (χ4n) is 1.35. The number of rotatable bonds is 3. The van der Waals surface area contributed by atoms with E-state index in [9.17, 15) is 4.79 Å². The molecule has 2 aromatic rings. The summed E-state index contributed by atoms with van der Waals surface area (Å²) in [6, 6.07) is 7.23. The maximum atomic E-state index is 11.6. The van der Waals surface area contributed by atoms with Crippen LogP contribution >= 0.6 is 0 Å². The fourth-order valence-corrected chi connectivity index (χ4v) is 1.35. The van der Waals surface area contributed by atoms with Crippen molar-refractivity contribution in [1.82, 2.24) is 10.2 Å². The van der Waals surface area contributed by atoms with E-state index in [1.54, 1.807) is 24.5 Å². The van der Waals surface area contributed by atoms with Crippen LogP contribution < -0.4 is 11.1 Å². The van der Waals surface area contributed by atoms with Crippen LogP contribution in [0.4, 0.5) is 11.4 Å². The highest BCUT2D eigenvalue weighted by Gasteiger charge is 2.04. The number of carbonyl (C=O) groups excluding carboxylic acids is 1. The zero-order chi connectivity index (χ0) is 11.4. The lowest BCUT2D eigenvalue weighted by Crippen LogP contribution is -2.13. The summed E-state index contributed by atoms with van der Waals surface area (Å²) in [6.07, 6.45) is 3.51. The molecule has 0 unspecified atom stereocenters. The van der Waals surface area contributed by atoms with Crippen LogP contribution in [-0.2, 0) is 11.2 Å². The van der Waals surface area contributed by atoms with E-state index < -0.39 is 0 Å². The highest BCUT2D eigenvalue weighted by Crippen LogP contribution is 2.08. The molecule has 1 amide bonds. The van der Waals surface area contributed by atoms with E-state index in [0.29, 0.717) is 17.8 Å². The van der Waals surface area contributed by atoms with Gasteiger partial charge in [0.1, 0.15) is 0 Å². The van der Waals surface area contributed by atoms with Crippen LogP contribution in [0, 0.1) is 0 Å². The van der Waals surface area contributed by atoms with Gasteiger partial charge in [-0.1, -0.05) is 12.1 Å². The van der Waals surface area contributed by atoms with Gasteiger partial charge in [-0.15, -0.1) is 0 Å². The molecule has 0 spiro atoms. The SMILES string of the molecule is Nc1ccc(CC(=O)Nc2cn[nH]c2)cc1. The van der Waals surface area contributed by atoms with E-state index >= 15 is 0 Å². The Morgan fingerprint density at radius 1 is 1.38 bits per heavy atom. The normalized spacial score (nSPS) is 10.0. The van der Waals surface area contributed by atoms with Gasteiger partial charge in [0, 0.05) is 11.9 Å². The van der Waals surface area contributed by atoms with Crippen molar-refractivity contribution in [3.05, 3.63) is 42.2 Å². The zero-order valence-corrected chi connectivity index (χ0v) is 8.60. The molecule has 0 atom stereocenters. The van der Waals surface area contributed by atoms with Crippen LogP contribution in [-0.4, -0.2) is 16.1 Å². The Bertz CT molecular complexity index is 461. The summed E-state index contributed by atoms with van der Waals surface area (Å²) in [6.45, 7) is 0. The molecule has 1 aromatic heterocycles. The van der Waals surface area contributed by atoms with Crippen LogP contribution in [0.5, 0.6) is 0 Å². The lowest BCUT2D eigenvalue weighted by Gasteiger charge is -2.02. The fraction of sp³-hybridized carbons (Fsp3) is 0.0909. The second-order valence-electron chi connectivity index (χ2n) is 3.45. The molecule has 16 heavy (non-hydrogen) atoms. The Morgan fingerprint density at radius 2 is 2.12 bits per heavy atom. The Hall–Kier alpha value is -2.30. The molecule has 0 bridgehead atoms. The minimum atomic E-state index is -0.0776. The van der Waals surface area contributed by atoms with Crippen molar-refractivity contribution >= 4 is 17.3 Å². The van der Waals surface area contributed by atoms with E-state index in [0.717, 1.165) is 5.56 Å². The quantitative estimate of drug-likeness (QED) is 0.673. The largest absolute Gasteiger partial charge is 0.399 e. The number of hydrogen-bond donors (Lipinski definition) is 3. The van der Waals surface area contributed by atoms with Crippen LogP contribution in [0.2, 0.25) is 0 Å². The summed E-state index contributed by atoms with van der Waals surface area (Å²) in [4.78, 5) is 11.6. The first-order valence-electron chi connectivity index (χ1n) is 4.87. The van der Waals surface area contributed by atoms with E-state index in [1.165, 1.54) is 0 Å². The molecular weight excluding hydrogens is 204 g/mol. The minimum absolute atomic E-state index is 0.0776. The van der Waals surface area contributed by atoms with E-state index in [2.05, 4.69) is 15.5 Å². The maximum Gasteiger partial charge on any atom is 0.228 e. The molecule has 0 saturated carbocycles. The molecule has 0 fully saturated rings. The first-order valence-corrected chi connectivity index (χ1v) is 4.87. The number of amides is 1. The third-order valence-electron chi connectivity index (χ3n) is 2.13. The van der Waals surface area contributed by atoms with Crippen molar-refractivity contribution in [3.63, 3.8) is 0 Å². The lowest BCUT2D eigenvalue weighted by molar-refractivity contribution is -0.115. The van der Waals surface area contributed by atoms with Crippen LogP contribution in [0.25, 0.3) is 0 Å². The Labute approximate surface area is 92.7 Å². The molecule has 0 radical (unpaired) electrons. The molecule has 1 aromatic carbocycles. The molecular formula is C11H12N4O. The van der Waals surface area contributed by atoms with Crippen LogP contribution in [0.3, 0.4) is 0 Å². The van der Waals surface area contributed by atoms with Gasteiger partial charge in [0.05, 0.1) is 18.3 Å². The molecule has 0 aliphatic heterocycles. The lowest BCUT2D eigenvalue weighted by atomic mass is 10.1. The van der Waals surface area contributed by atoms with E-state index in [-0.39, 0.29) is 5.91 Å². The van der Waals surface area contributed by atoms with Crippen molar-refractivity contribution < 1.29 is 4.79 Å². The topological polar surface area (TPSA) is 83.8 Å². The maximum absolute atomic E-state index is 11.6. The van der Waals surface area contributed by atoms with E-state index in [4.69, 9.17) is 5.73 Å². The van der Waals surface area contributed by atoms with Gasteiger partial charge in [-0.05, 0) is 17.7 Å². The highest BCUT2D eigenvalue weighted by molar-refractivity contribution is 5.91. The van der Waals surface area contributed by atoms with Gasteiger partial charge in [-0.2, -0.15) is 5.10 Å². The van der Waals surface area contributed by atoms with Crippen molar-refractivity contribution in [2.45, 2.75) is 6.42 Å². The molecule has 5 nitrogen and oxygen atoms in total. The van der Waals surface area contributed by atoms with Gasteiger partial charge in [0.2, 0.25) is 5.91 Å².